The van der Waals surface area contributed by atoms with Crippen molar-refractivity contribution in [2.45, 2.75) is 0 Å². The summed E-state index contributed by atoms with van der Waals surface area (Å²) in [7, 11) is 1.68. The number of hydrogen-bond donors (Lipinski definition) is 3. The summed E-state index contributed by atoms with van der Waals surface area (Å²) >= 11 is 9.88. The number of aromatic nitrogens is 1. The number of phenols is 1. The number of amides is 3. The molecule has 0 aliphatic carbocycles. The summed E-state index contributed by atoms with van der Waals surface area (Å²) in [6.07, 6.45) is 0. The van der Waals surface area contributed by atoms with E-state index >= 15 is 0 Å². The normalized spacial score (nSPS) is 12.7. The van der Waals surface area contributed by atoms with E-state index in [1.807, 2.05) is 0 Å². The van der Waals surface area contributed by atoms with Crippen LogP contribution in [0.2, 0.25) is 5.02 Å². The van der Waals surface area contributed by atoms with Crippen molar-refractivity contribution in [2.24, 2.45) is 7.05 Å². The van der Waals surface area contributed by atoms with E-state index in [2.05, 4.69) is 26.6 Å². The summed E-state index contributed by atoms with van der Waals surface area (Å²) in [4.78, 5) is 38.7. The van der Waals surface area contributed by atoms with Gasteiger partial charge in [-0.3, -0.25) is 19.7 Å². The minimum absolute atomic E-state index is 0.0763. The monoisotopic (exact) mass is 523 g/mol. The number of carbonyl (C=O) groups excluding carboxylic acids is 3. The molecule has 0 unspecified atom stereocenters. The average Bonchev–Trinajstić information content (AvgIpc) is 3.22. The van der Waals surface area contributed by atoms with E-state index in [4.69, 9.17) is 11.6 Å². The standard InChI is InChI=1S/C24H15BrClN3O4/c1-29-15-10-12(11-6-2-3-7-13(11)26)17-19(23(32)28-22(17)31)18(15)20(25)21(29)24(33)27-14-8-4-5-9-16(14)30/h2-10,30H,1H3,(H,27,33)(H,28,31,32). The van der Waals surface area contributed by atoms with Gasteiger partial charge in [0.25, 0.3) is 17.7 Å². The first kappa shape index (κ1) is 21.2. The SMILES string of the molecule is Cn1c(C(=O)Nc2ccccc2O)c(Br)c2c3c(c(-c4ccccc4Cl)cc21)C(=O)NC3=O. The highest BCUT2D eigenvalue weighted by Crippen LogP contribution is 2.42. The third-order valence-corrected chi connectivity index (χ3v) is 6.74. The molecule has 5 rings (SSSR count). The summed E-state index contributed by atoms with van der Waals surface area (Å²) in [5.74, 6) is -1.65. The molecule has 0 radical (unpaired) electrons. The zero-order valence-electron chi connectivity index (χ0n) is 17.1. The molecule has 4 aromatic rings. The molecule has 0 atom stereocenters. The lowest BCUT2D eigenvalue weighted by Gasteiger charge is -2.11. The topological polar surface area (TPSA) is 100 Å². The van der Waals surface area contributed by atoms with Crippen LogP contribution in [0.15, 0.2) is 59.1 Å². The van der Waals surface area contributed by atoms with Crippen molar-refractivity contribution < 1.29 is 19.5 Å². The second kappa shape index (κ2) is 7.75. The van der Waals surface area contributed by atoms with Gasteiger partial charge in [0.1, 0.15) is 11.4 Å². The predicted octanol–water partition coefficient (Wildman–Crippen LogP) is 5.10. The first-order valence-corrected chi connectivity index (χ1v) is 11.0. The smallest absolute Gasteiger partial charge is 0.273 e. The fourth-order valence-electron chi connectivity index (χ4n) is 4.14. The number of fused-ring (bicyclic) bond motifs is 3. The molecule has 2 heterocycles. The van der Waals surface area contributed by atoms with E-state index in [0.717, 1.165) is 0 Å². The molecule has 1 aliphatic rings. The van der Waals surface area contributed by atoms with Crippen LogP contribution in [-0.2, 0) is 7.05 Å². The van der Waals surface area contributed by atoms with Crippen molar-refractivity contribution >= 4 is 61.8 Å². The lowest BCUT2D eigenvalue weighted by molar-refractivity contribution is 0.0879. The van der Waals surface area contributed by atoms with Crippen molar-refractivity contribution in [1.29, 1.82) is 0 Å². The van der Waals surface area contributed by atoms with Gasteiger partial charge in [0, 0.05) is 23.0 Å². The molecule has 0 bridgehead atoms. The van der Waals surface area contributed by atoms with Gasteiger partial charge in [0.15, 0.2) is 0 Å². The zero-order valence-corrected chi connectivity index (χ0v) is 19.4. The van der Waals surface area contributed by atoms with Crippen LogP contribution in [0.4, 0.5) is 5.69 Å². The molecule has 3 amide bonds. The number of nitrogens with one attached hydrogen (secondary N) is 2. The van der Waals surface area contributed by atoms with Crippen LogP contribution in [0.1, 0.15) is 31.2 Å². The zero-order chi connectivity index (χ0) is 23.4. The van der Waals surface area contributed by atoms with Crippen LogP contribution in [0.25, 0.3) is 22.0 Å². The van der Waals surface area contributed by atoms with Gasteiger partial charge in [0.2, 0.25) is 0 Å². The van der Waals surface area contributed by atoms with Gasteiger partial charge < -0.3 is 15.0 Å². The highest BCUT2D eigenvalue weighted by molar-refractivity contribution is 9.10. The third-order valence-electron chi connectivity index (χ3n) is 5.64. The number of imide groups is 1. The number of aromatic hydroxyl groups is 1. The van der Waals surface area contributed by atoms with E-state index in [1.54, 1.807) is 60.1 Å². The molecule has 0 spiro atoms. The van der Waals surface area contributed by atoms with Gasteiger partial charge in [-0.05, 0) is 45.8 Å². The Morgan fingerprint density at radius 3 is 2.42 bits per heavy atom. The number of hydrogen-bond acceptors (Lipinski definition) is 4. The minimum Gasteiger partial charge on any atom is -0.506 e. The van der Waals surface area contributed by atoms with Gasteiger partial charge in [-0.25, -0.2) is 0 Å². The molecule has 3 N–H and O–H groups in total. The maximum Gasteiger partial charge on any atom is 0.273 e. The summed E-state index contributed by atoms with van der Waals surface area (Å²) in [5, 5.41) is 15.9. The summed E-state index contributed by atoms with van der Waals surface area (Å²) in [6, 6.07) is 15.1. The fourth-order valence-corrected chi connectivity index (χ4v) is 5.22. The molecule has 0 fully saturated rings. The van der Waals surface area contributed by atoms with E-state index in [0.29, 0.717) is 31.5 Å². The molecule has 33 heavy (non-hydrogen) atoms. The van der Waals surface area contributed by atoms with Gasteiger partial charge >= 0.3 is 0 Å². The van der Waals surface area contributed by atoms with Crippen LogP contribution < -0.4 is 10.6 Å². The van der Waals surface area contributed by atoms with Crippen molar-refractivity contribution in [2.75, 3.05) is 5.32 Å². The first-order valence-electron chi connectivity index (χ1n) is 9.84. The first-order chi connectivity index (χ1) is 15.8. The molecule has 9 heteroatoms. The number of halogens is 2. The van der Waals surface area contributed by atoms with Gasteiger partial charge in [-0.15, -0.1) is 0 Å². The van der Waals surface area contributed by atoms with E-state index in [-0.39, 0.29) is 28.3 Å². The number of carbonyl (C=O) groups is 3. The Labute approximate surface area is 201 Å². The average molecular weight is 525 g/mol. The van der Waals surface area contributed by atoms with Crippen LogP contribution in [0.3, 0.4) is 0 Å². The van der Waals surface area contributed by atoms with Gasteiger partial charge in [-0.1, -0.05) is 41.9 Å². The highest BCUT2D eigenvalue weighted by Gasteiger charge is 2.36. The Kier molecular flexibility index (Phi) is 4.99. The Morgan fingerprint density at radius 1 is 1.03 bits per heavy atom. The maximum absolute atomic E-state index is 13.2. The lowest BCUT2D eigenvalue weighted by atomic mass is 9.94. The quantitative estimate of drug-likeness (QED) is 0.256. The predicted molar refractivity (Wildman–Crippen MR) is 129 cm³/mol. The second-order valence-corrected chi connectivity index (χ2v) is 8.72. The molecule has 1 aromatic heterocycles. The number of anilines is 1. The van der Waals surface area contributed by atoms with E-state index in [9.17, 15) is 19.5 Å². The Balaban J connectivity index is 1.78. The third kappa shape index (κ3) is 3.21. The lowest BCUT2D eigenvalue weighted by Crippen LogP contribution is -2.20. The Bertz CT molecular complexity index is 1530. The molecular formula is C24H15BrClN3O4. The Hall–Kier alpha value is -3.62. The van der Waals surface area contributed by atoms with Crippen LogP contribution in [0.5, 0.6) is 5.75 Å². The van der Waals surface area contributed by atoms with E-state index < -0.39 is 17.7 Å². The second-order valence-electron chi connectivity index (χ2n) is 7.52. The molecular weight excluding hydrogens is 510 g/mol. The molecule has 7 nitrogen and oxygen atoms in total. The summed E-state index contributed by atoms with van der Waals surface area (Å²) < 4.78 is 1.99. The van der Waals surface area contributed by atoms with Crippen molar-refractivity contribution in [3.8, 4) is 16.9 Å². The number of benzene rings is 3. The molecule has 164 valence electrons. The van der Waals surface area contributed by atoms with Crippen molar-refractivity contribution in [1.82, 2.24) is 9.88 Å². The Morgan fingerprint density at radius 2 is 1.70 bits per heavy atom. The van der Waals surface area contributed by atoms with Gasteiger partial charge in [0.05, 0.1) is 26.8 Å². The van der Waals surface area contributed by atoms with Gasteiger partial charge in [-0.2, -0.15) is 0 Å². The van der Waals surface area contributed by atoms with Crippen molar-refractivity contribution in [3.63, 3.8) is 0 Å². The van der Waals surface area contributed by atoms with Crippen LogP contribution in [0, 0.1) is 0 Å². The summed E-state index contributed by atoms with van der Waals surface area (Å²) in [6.45, 7) is 0. The minimum atomic E-state index is -0.548. The van der Waals surface area contributed by atoms with Crippen LogP contribution >= 0.6 is 27.5 Å². The van der Waals surface area contributed by atoms with E-state index in [1.165, 1.54) is 6.07 Å². The number of rotatable bonds is 3. The number of phenolic OH excluding ortho intramolecular Hbond substituents is 1. The highest BCUT2D eigenvalue weighted by atomic mass is 79.9. The molecule has 0 saturated heterocycles. The van der Waals surface area contributed by atoms with Crippen LogP contribution in [-0.4, -0.2) is 27.4 Å². The number of para-hydroxylation sites is 2. The van der Waals surface area contributed by atoms with Crippen molar-refractivity contribution in [3.05, 3.63) is 80.9 Å². The summed E-state index contributed by atoms with van der Waals surface area (Å²) in [5.41, 5.74) is 2.50. The molecule has 3 aromatic carbocycles. The molecule has 0 saturated carbocycles. The fraction of sp³-hybridized carbons (Fsp3) is 0.0417. The largest absolute Gasteiger partial charge is 0.506 e. The maximum atomic E-state index is 13.2. The number of aryl methyl sites for hydroxylation is 1. The molecule has 1 aliphatic heterocycles. The number of nitrogens with zero attached hydrogens (tertiary/aromatic N) is 1.